The Bertz CT molecular complexity index is 281. The van der Waals surface area contributed by atoms with E-state index in [0.717, 1.165) is 17.1 Å². The molecular weight excluding hydrogens is 162 g/mol. The van der Waals surface area contributed by atoms with Crippen LogP contribution in [0.5, 0.6) is 0 Å². The average molecular weight is 179 g/mol. The van der Waals surface area contributed by atoms with Crippen molar-refractivity contribution in [1.29, 1.82) is 0 Å². The highest BCUT2D eigenvalue weighted by Crippen LogP contribution is 2.13. The van der Waals surface area contributed by atoms with Gasteiger partial charge < -0.3 is 11.1 Å². The maximum absolute atomic E-state index is 5.60. The summed E-state index contributed by atoms with van der Waals surface area (Å²) in [6, 6.07) is 4.39. The summed E-state index contributed by atoms with van der Waals surface area (Å²) in [6.07, 6.45) is 0. The zero-order valence-electron chi connectivity index (χ0n) is 8.46. The molecule has 0 saturated carbocycles. The van der Waals surface area contributed by atoms with Crippen LogP contribution in [-0.4, -0.2) is 11.0 Å². The summed E-state index contributed by atoms with van der Waals surface area (Å²) < 4.78 is 0. The van der Waals surface area contributed by atoms with Crippen LogP contribution in [0, 0.1) is 6.92 Å². The van der Waals surface area contributed by atoms with Crippen molar-refractivity contribution in [2.24, 2.45) is 5.73 Å². The third-order valence-corrected chi connectivity index (χ3v) is 1.76. The number of rotatable bonds is 3. The van der Waals surface area contributed by atoms with E-state index in [1.165, 1.54) is 0 Å². The number of nitrogens with one attached hydrogen (secondary N) is 1. The summed E-state index contributed by atoms with van der Waals surface area (Å²) >= 11 is 0. The number of nitrogens with zero attached hydrogens (tertiary/aromatic N) is 1. The molecule has 0 amide bonds. The lowest BCUT2D eigenvalue weighted by Gasteiger charge is -2.13. The molecule has 0 aliphatic rings. The van der Waals surface area contributed by atoms with E-state index >= 15 is 0 Å². The standard InChI is InChI=1S/C10H17N3/c1-7(2)12-10-9(6-11)5-4-8(3)13-10/h4-5,7H,6,11H2,1-3H3,(H,12,13). The molecule has 1 rings (SSSR count). The fourth-order valence-corrected chi connectivity index (χ4v) is 1.15. The van der Waals surface area contributed by atoms with E-state index in [-0.39, 0.29) is 0 Å². The summed E-state index contributed by atoms with van der Waals surface area (Å²) in [5.74, 6) is 0.914. The molecule has 0 spiro atoms. The molecule has 1 heterocycles. The molecule has 0 fully saturated rings. The van der Waals surface area contributed by atoms with Gasteiger partial charge in [-0.1, -0.05) is 6.07 Å². The van der Waals surface area contributed by atoms with Crippen LogP contribution in [-0.2, 0) is 6.54 Å². The number of aryl methyl sites for hydroxylation is 1. The van der Waals surface area contributed by atoms with Crippen molar-refractivity contribution >= 4 is 5.82 Å². The summed E-state index contributed by atoms with van der Waals surface area (Å²) in [7, 11) is 0. The molecule has 3 heteroatoms. The minimum Gasteiger partial charge on any atom is -0.368 e. The number of aromatic nitrogens is 1. The molecule has 3 nitrogen and oxygen atoms in total. The Morgan fingerprint density at radius 2 is 2.15 bits per heavy atom. The number of nitrogens with two attached hydrogens (primary N) is 1. The van der Waals surface area contributed by atoms with Gasteiger partial charge in [0.2, 0.25) is 0 Å². The minimum atomic E-state index is 0.389. The Morgan fingerprint density at radius 1 is 1.46 bits per heavy atom. The highest BCUT2D eigenvalue weighted by Gasteiger charge is 2.03. The van der Waals surface area contributed by atoms with Crippen LogP contribution in [0.2, 0.25) is 0 Å². The zero-order chi connectivity index (χ0) is 9.84. The lowest BCUT2D eigenvalue weighted by Crippen LogP contribution is -2.14. The maximum atomic E-state index is 5.60. The predicted molar refractivity (Wildman–Crippen MR) is 55.6 cm³/mol. The molecule has 1 aromatic heterocycles. The summed E-state index contributed by atoms with van der Waals surface area (Å²) in [5, 5.41) is 3.27. The largest absolute Gasteiger partial charge is 0.368 e. The van der Waals surface area contributed by atoms with E-state index in [1.807, 2.05) is 19.1 Å². The molecule has 72 valence electrons. The van der Waals surface area contributed by atoms with Crippen LogP contribution >= 0.6 is 0 Å². The van der Waals surface area contributed by atoms with Gasteiger partial charge in [-0.15, -0.1) is 0 Å². The van der Waals surface area contributed by atoms with Gasteiger partial charge in [-0.3, -0.25) is 0 Å². The molecule has 0 saturated heterocycles. The quantitative estimate of drug-likeness (QED) is 0.742. The van der Waals surface area contributed by atoms with Crippen molar-refractivity contribution in [2.75, 3.05) is 5.32 Å². The van der Waals surface area contributed by atoms with Gasteiger partial charge in [0.1, 0.15) is 5.82 Å². The number of hydrogen-bond acceptors (Lipinski definition) is 3. The fourth-order valence-electron chi connectivity index (χ4n) is 1.15. The van der Waals surface area contributed by atoms with Gasteiger partial charge in [0.05, 0.1) is 0 Å². The van der Waals surface area contributed by atoms with Gasteiger partial charge in [-0.05, 0) is 26.8 Å². The monoisotopic (exact) mass is 179 g/mol. The fraction of sp³-hybridized carbons (Fsp3) is 0.500. The molecular formula is C10H17N3. The van der Waals surface area contributed by atoms with Crippen molar-refractivity contribution in [3.63, 3.8) is 0 Å². The Morgan fingerprint density at radius 3 is 2.69 bits per heavy atom. The summed E-state index contributed by atoms with van der Waals surface area (Å²) in [4.78, 5) is 4.39. The van der Waals surface area contributed by atoms with Gasteiger partial charge in [-0.2, -0.15) is 0 Å². The highest BCUT2D eigenvalue weighted by molar-refractivity contribution is 5.45. The first-order valence-corrected chi connectivity index (χ1v) is 4.56. The molecule has 0 radical (unpaired) electrons. The molecule has 3 N–H and O–H groups in total. The van der Waals surface area contributed by atoms with Gasteiger partial charge >= 0.3 is 0 Å². The lowest BCUT2D eigenvalue weighted by atomic mass is 10.2. The van der Waals surface area contributed by atoms with Gasteiger partial charge in [0.25, 0.3) is 0 Å². The van der Waals surface area contributed by atoms with Crippen molar-refractivity contribution in [2.45, 2.75) is 33.4 Å². The van der Waals surface area contributed by atoms with Crippen molar-refractivity contribution in [3.8, 4) is 0 Å². The van der Waals surface area contributed by atoms with Crippen molar-refractivity contribution < 1.29 is 0 Å². The topological polar surface area (TPSA) is 50.9 Å². The third kappa shape index (κ3) is 2.70. The van der Waals surface area contributed by atoms with Crippen molar-refractivity contribution in [3.05, 3.63) is 23.4 Å². The number of hydrogen-bond donors (Lipinski definition) is 2. The van der Waals surface area contributed by atoms with Crippen LogP contribution in [0.25, 0.3) is 0 Å². The van der Waals surface area contributed by atoms with Gasteiger partial charge in [-0.25, -0.2) is 4.98 Å². The Labute approximate surface area is 79.4 Å². The van der Waals surface area contributed by atoms with E-state index in [4.69, 9.17) is 5.73 Å². The van der Waals surface area contributed by atoms with Crippen LogP contribution in [0.15, 0.2) is 12.1 Å². The van der Waals surface area contributed by atoms with Gasteiger partial charge in [0, 0.05) is 23.8 Å². The molecule has 0 unspecified atom stereocenters. The second-order valence-electron chi connectivity index (χ2n) is 3.46. The molecule has 0 atom stereocenters. The second-order valence-corrected chi connectivity index (χ2v) is 3.46. The molecule has 0 aliphatic heterocycles. The Kier molecular flexibility index (Phi) is 3.25. The molecule has 0 aliphatic carbocycles. The van der Waals surface area contributed by atoms with Crippen LogP contribution in [0.4, 0.5) is 5.82 Å². The summed E-state index contributed by atoms with van der Waals surface area (Å²) in [6.45, 7) is 6.68. The molecule has 1 aromatic rings. The third-order valence-electron chi connectivity index (χ3n) is 1.76. The van der Waals surface area contributed by atoms with Crippen LogP contribution < -0.4 is 11.1 Å². The SMILES string of the molecule is Cc1ccc(CN)c(NC(C)C)n1. The first kappa shape index (κ1) is 9.99. The van der Waals surface area contributed by atoms with E-state index in [1.54, 1.807) is 0 Å². The Balaban J connectivity index is 2.94. The minimum absolute atomic E-state index is 0.389. The van der Waals surface area contributed by atoms with E-state index in [9.17, 15) is 0 Å². The second kappa shape index (κ2) is 4.23. The summed E-state index contributed by atoms with van der Waals surface area (Å²) in [5.41, 5.74) is 7.68. The average Bonchev–Trinajstić information content (AvgIpc) is 2.03. The van der Waals surface area contributed by atoms with E-state index in [2.05, 4.69) is 24.1 Å². The zero-order valence-corrected chi connectivity index (χ0v) is 8.46. The maximum Gasteiger partial charge on any atom is 0.130 e. The van der Waals surface area contributed by atoms with Crippen molar-refractivity contribution in [1.82, 2.24) is 4.98 Å². The molecule has 13 heavy (non-hydrogen) atoms. The first-order chi connectivity index (χ1) is 6.13. The smallest absolute Gasteiger partial charge is 0.130 e. The lowest BCUT2D eigenvalue weighted by molar-refractivity contribution is 0.876. The predicted octanol–water partition coefficient (Wildman–Crippen LogP) is 1.67. The van der Waals surface area contributed by atoms with E-state index < -0.39 is 0 Å². The molecule has 0 aromatic carbocycles. The van der Waals surface area contributed by atoms with Crippen LogP contribution in [0.1, 0.15) is 25.1 Å². The Hall–Kier alpha value is -1.09. The van der Waals surface area contributed by atoms with E-state index in [0.29, 0.717) is 12.6 Å². The van der Waals surface area contributed by atoms with Gasteiger partial charge in [0.15, 0.2) is 0 Å². The molecule has 0 bridgehead atoms. The number of anilines is 1. The number of pyridine rings is 1. The highest BCUT2D eigenvalue weighted by atomic mass is 15.0. The first-order valence-electron chi connectivity index (χ1n) is 4.56. The van der Waals surface area contributed by atoms with Crippen LogP contribution in [0.3, 0.4) is 0 Å². The normalized spacial score (nSPS) is 10.5.